The summed E-state index contributed by atoms with van der Waals surface area (Å²) < 4.78 is 0. The number of nitrogens with zero attached hydrogens (tertiary/aromatic N) is 1. The summed E-state index contributed by atoms with van der Waals surface area (Å²) in [5.74, 6) is -22.0. The second kappa shape index (κ2) is 56.5. The number of aliphatic hydroxyl groups is 1. The van der Waals surface area contributed by atoms with Gasteiger partial charge in [0.1, 0.15) is 96.4 Å². The number of fused-ring (bicyclic) bond motifs is 1. The van der Waals surface area contributed by atoms with Crippen molar-refractivity contribution < 1.29 is 96.8 Å². The predicted octanol–water partition coefficient (Wildman–Crippen LogP) is -0.372. The van der Waals surface area contributed by atoms with Crippen LogP contribution < -0.4 is 102 Å². The molecule has 0 spiro atoms. The van der Waals surface area contributed by atoms with Gasteiger partial charge in [-0.3, -0.25) is 92.3 Å². The zero-order chi connectivity index (χ0) is 105. The third-order valence-corrected chi connectivity index (χ3v) is 24.7. The summed E-state index contributed by atoms with van der Waals surface area (Å²) in [6.07, 6.45) is -2.32. The molecule has 770 valence electrons. The lowest BCUT2D eigenvalue weighted by Gasteiger charge is -2.32. The SMILES string of the molecule is CCCC[C@H]1NC(=O)[C@H](C)N(C)C(=O)[C@H](CCCNC(=N)N)NC(=O)[C@H](Cc2ccc(-c3ccccc3)cc2)NC(=O)[C@H](C(C)C)NC(=O)[C@H](Cc2c[nH]c3ccccc23)NC(=O)[C@H](CC(=O)O)NC(=O)[C@H](Cc2ccc(O)cc2)NC(=O)[C@H](Cc2ccccc2)NC(=O)CSC[C@@H](C(=O)N[C@@H](C)C(N)=O)NC(=O)[C@H]([C@@H](C)O)NC(=O)[C@H](C(C)C)NC(=O)[C@H](CC(C)C)NC(=O)[C@H](CCCNC(=N)N)NC1=O. The number of aromatic amines is 1. The maximum absolute atomic E-state index is 15.5. The highest BCUT2D eigenvalue weighted by Crippen LogP contribution is 2.25. The van der Waals surface area contributed by atoms with E-state index in [0.717, 1.165) is 23.0 Å². The number of H-pyrrole nitrogens is 1. The number of hydrogen-bond donors (Lipinski definition) is 25. The van der Waals surface area contributed by atoms with Crippen LogP contribution >= 0.6 is 11.8 Å². The minimum atomic E-state index is -2.08. The molecule has 1 aliphatic rings. The first kappa shape index (κ1) is 114. The van der Waals surface area contributed by atoms with Crippen molar-refractivity contribution in [3.05, 3.63) is 162 Å². The molecule has 0 saturated carbocycles. The Morgan fingerprint density at radius 3 is 1.39 bits per heavy atom. The standard InChI is InChI=1S/C98H137N23O20S/c1-12-13-29-67-84(129)110-68(31-22-41-104-97(100)101)85(130)112-70(43-52(2)3)90(135)119-80(54(6)7)94(139)120-81(57(10)122)95(140)117-76(92(137)107-55(8)82(99)127)50-142-51-77(124)108-71(44-58-24-16-14-17-25-58)86(131)113-72(46-60-35-39-64(123)40-36-60)88(133)115-75(48-78(125)126)89(134)114-74(47-63-49-106-66-30-21-20-28-65(63)66)91(136)118-79(53(4)5)93(138)116-73(45-59-33-37-62(38-34-59)61-26-18-15-19-27-61)87(132)111-69(32-23-42-105-98(102)103)96(141)121(11)56(9)83(128)109-67/h14-21,24-28,30,33-40,49,52-57,67-76,79-81,106,122-123H,12-13,22-23,29,31-32,41-48,50-51H2,1-11H3,(H2,99,127)(H,107,137)(H,108,124)(H,109,128)(H,110,129)(H,111,132)(H,112,130)(H,113,131)(H,114,134)(H,115,133)(H,116,138)(H,117,140)(H,118,136)(H,119,135)(H,120,139)(H,125,126)(H4,100,101,104)(H4,102,103,105)/t55-,56-,57+,67+,68-,69-,70-,71-,72-,73-,74-,75-,76-,79-,80-,81-/m0/s1. The molecule has 28 N–H and O–H groups in total. The molecule has 5 aromatic carbocycles. The number of carboxylic acids is 1. The van der Waals surface area contributed by atoms with Crippen molar-refractivity contribution in [2.45, 2.75) is 249 Å². The van der Waals surface area contributed by atoms with E-state index in [-0.39, 0.29) is 88.1 Å². The maximum Gasteiger partial charge on any atom is 0.305 e. The van der Waals surface area contributed by atoms with Crippen LogP contribution in [0.25, 0.3) is 22.0 Å². The first-order chi connectivity index (χ1) is 67.3. The number of phenolic OH excluding ortho intramolecular Hbond substituents is 1. The monoisotopic (exact) mass is 1990 g/mol. The van der Waals surface area contributed by atoms with Gasteiger partial charge < -0.3 is 127 Å². The quantitative estimate of drug-likeness (QED) is 0.0155. The fourth-order valence-corrected chi connectivity index (χ4v) is 16.3. The number of nitrogens with two attached hydrogens (primary N) is 3. The topological polar surface area (TPSA) is 688 Å². The van der Waals surface area contributed by atoms with E-state index in [0.29, 0.717) is 52.2 Å². The number of hydrogen-bond acceptors (Lipinski definition) is 22. The van der Waals surface area contributed by atoms with Crippen molar-refractivity contribution in [3.63, 3.8) is 0 Å². The number of aliphatic hydroxyl groups excluding tert-OH is 1. The largest absolute Gasteiger partial charge is 0.508 e. The average molecular weight is 1990 g/mol. The summed E-state index contributed by atoms with van der Waals surface area (Å²) in [6, 6.07) is 12.5. The number of likely N-dealkylation sites (N-methyl/N-ethyl adjacent to an activating group) is 1. The smallest absolute Gasteiger partial charge is 0.305 e. The molecule has 0 aliphatic carbocycles. The maximum atomic E-state index is 15.5. The third-order valence-electron chi connectivity index (χ3n) is 23.7. The van der Waals surface area contributed by atoms with Gasteiger partial charge in [0.2, 0.25) is 94.5 Å². The highest BCUT2D eigenvalue weighted by molar-refractivity contribution is 8.00. The van der Waals surface area contributed by atoms with Crippen LogP contribution in [-0.2, 0) is 107 Å². The summed E-state index contributed by atoms with van der Waals surface area (Å²) >= 11 is 0.709. The molecular weight excluding hydrogens is 1850 g/mol. The van der Waals surface area contributed by atoms with Gasteiger partial charge in [-0.1, -0.05) is 177 Å². The molecule has 1 saturated heterocycles. The molecule has 1 aromatic heterocycles. The van der Waals surface area contributed by atoms with Gasteiger partial charge in [-0.2, -0.15) is 0 Å². The molecule has 43 nitrogen and oxygen atoms in total. The van der Waals surface area contributed by atoms with Crippen LogP contribution in [-0.4, -0.2) is 266 Å². The highest BCUT2D eigenvalue weighted by Gasteiger charge is 2.42. The Balaban J connectivity index is 1.35. The van der Waals surface area contributed by atoms with Crippen molar-refractivity contribution in [3.8, 4) is 16.9 Å². The minimum Gasteiger partial charge on any atom is -0.508 e. The zero-order valence-electron chi connectivity index (χ0n) is 81.6. The van der Waals surface area contributed by atoms with E-state index in [1.54, 1.807) is 113 Å². The van der Waals surface area contributed by atoms with Crippen molar-refractivity contribution in [2.75, 3.05) is 31.6 Å². The number of para-hydroxylation sites is 1. The van der Waals surface area contributed by atoms with Crippen molar-refractivity contribution in [1.29, 1.82) is 10.8 Å². The van der Waals surface area contributed by atoms with Gasteiger partial charge in [-0.15, -0.1) is 11.8 Å². The van der Waals surface area contributed by atoms with Crippen LogP contribution in [0.5, 0.6) is 5.75 Å². The number of guanidine groups is 2. The number of aromatic hydroxyl groups is 1. The van der Waals surface area contributed by atoms with Gasteiger partial charge in [-0.25, -0.2) is 0 Å². The number of thioether (sulfide) groups is 1. The van der Waals surface area contributed by atoms with E-state index < -0.39 is 245 Å². The molecule has 142 heavy (non-hydrogen) atoms. The number of primary amides is 1. The number of carboxylic acid groups (broad SMARTS) is 1. The number of phenols is 1. The lowest BCUT2D eigenvalue weighted by molar-refractivity contribution is -0.142. The van der Waals surface area contributed by atoms with E-state index in [9.17, 15) is 63.3 Å². The Kier molecular flexibility index (Phi) is 45.5. The van der Waals surface area contributed by atoms with E-state index in [2.05, 4.69) is 90.1 Å². The molecule has 6 aromatic rings. The van der Waals surface area contributed by atoms with E-state index in [1.165, 1.54) is 59.0 Å². The van der Waals surface area contributed by atoms with Gasteiger partial charge in [0.05, 0.1) is 18.3 Å². The lowest BCUT2D eigenvalue weighted by Crippen LogP contribution is -2.62. The molecular formula is C98H137N23O20S. The first-order valence-corrected chi connectivity index (χ1v) is 48.4. The fraction of sp³-hybridized carbons (Fsp3) is 0.480. The van der Waals surface area contributed by atoms with Crippen LogP contribution in [0.4, 0.5) is 0 Å². The Hall–Kier alpha value is -14.7. The molecule has 16 amide bonds. The Labute approximate surface area is 828 Å². The van der Waals surface area contributed by atoms with Crippen LogP contribution in [0.15, 0.2) is 140 Å². The average Bonchev–Trinajstić information content (AvgIpc) is 1.69. The Bertz CT molecular complexity index is 5360. The molecule has 2 heterocycles. The van der Waals surface area contributed by atoms with Gasteiger partial charge in [0.25, 0.3) is 0 Å². The molecule has 44 heteroatoms. The van der Waals surface area contributed by atoms with Crippen molar-refractivity contribution in [1.82, 2.24) is 95.0 Å². The van der Waals surface area contributed by atoms with Gasteiger partial charge in [0, 0.05) is 68.7 Å². The van der Waals surface area contributed by atoms with E-state index in [4.69, 9.17) is 28.0 Å². The van der Waals surface area contributed by atoms with Crippen LogP contribution in [0.3, 0.4) is 0 Å². The number of unbranched alkanes of at least 4 members (excludes halogenated alkanes) is 1. The van der Waals surface area contributed by atoms with E-state index in [1.807, 2.05) is 37.3 Å². The van der Waals surface area contributed by atoms with Gasteiger partial charge in [-0.05, 0) is 129 Å². The number of carbonyl (C=O) groups is 17. The summed E-state index contributed by atoms with van der Waals surface area (Å²) in [6.45, 7) is 15.2. The number of benzene rings is 5. The molecule has 16 atom stereocenters. The first-order valence-electron chi connectivity index (χ1n) is 47.3. The second-order valence-corrected chi connectivity index (χ2v) is 37.4. The summed E-state index contributed by atoms with van der Waals surface area (Å²) in [7, 11) is 1.27. The Morgan fingerprint density at radius 2 is 0.873 bits per heavy atom. The normalized spacial score (nSPS) is 22.9. The van der Waals surface area contributed by atoms with Crippen LogP contribution in [0.2, 0.25) is 0 Å². The molecule has 0 bridgehead atoms. The molecule has 0 radical (unpaired) electrons. The molecule has 1 aliphatic heterocycles. The Morgan fingerprint density at radius 1 is 0.465 bits per heavy atom. The number of amides is 16. The second-order valence-electron chi connectivity index (χ2n) is 36.4. The van der Waals surface area contributed by atoms with Gasteiger partial charge in [0.15, 0.2) is 11.9 Å². The number of rotatable bonds is 30. The molecule has 0 unspecified atom stereocenters. The van der Waals surface area contributed by atoms with Crippen molar-refractivity contribution in [2.24, 2.45) is 35.0 Å². The van der Waals surface area contributed by atoms with E-state index >= 15 is 33.6 Å². The number of nitrogens with one attached hydrogen (secondary N) is 19. The summed E-state index contributed by atoms with van der Waals surface area (Å²) in [5.41, 5.74) is 20.7. The zero-order valence-corrected chi connectivity index (χ0v) is 82.5. The lowest BCUT2D eigenvalue weighted by atomic mass is 9.98. The van der Waals surface area contributed by atoms with Crippen LogP contribution in [0, 0.1) is 28.6 Å². The fourth-order valence-electron chi connectivity index (χ4n) is 15.5. The van der Waals surface area contributed by atoms with Gasteiger partial charge >= 0.3 is 5.97 Å². The van der Waals surface area contributed by atoms with Crippen molar-refractivity contribution >= 4 is 135 Å². The molecule has 7 rings (SSSR count). The third kappa shape index (κ3) is 36.8. The number of carbonyl (C=O) groups excluding carboxylic acids is 16. The summed E-state index contributed by atoms with van der Waals surface area (Å²) in [4.78, 5) is 254. The number of aliphatic carboxylic acids is 1. The summed E-state index contributed by atoms with van der Waals surface area (Å²) in [5, 5.41) is 90.5. The molecule has 1 fully saturated rings. The highest BCUT2D eigenvalue weighted by atomic mass is 32.2. The van der Waals surface area contributed by atoms with Crippen LogP contribution in [0.1, 0.15) is 149 Å². The predicted molar refractivity (Wildman–Crippen MR) is 532 cm³/mol. The minimum absolute atomic E-state index is 0.00905. The number of aromatic nitrogens is 1.